The van der Waals surface area contributed by atoms with Gasteiger partial charge in [-0.3, -0.25) is 9.59 Å². The number of phenols is 1. The van der Waals surface area contributed by atoms with Crippen LogP contribution >= 0.6 is 0 Å². The average molecular weight is 598 g/mol. The molecule has 4 fully saturated rings. The summed E-state index contributed by atoms with van der Waals surface area (Å²) in [6, 6.07) is 6.63. The molecule has 0 bridgehead atoms. The lowest BCUT2D eigenvalue weighted by molar-refractivity contribution is -0.200. The van der Waals surface area contributed by atoms with E-state index in [0.717, 1.165) is 30.4 Å². The van der Waals surface area contributed by atoms with Crippen LogP contribution in [-0.2, 0) is 19.1 Å². The van der Waals surface area contributed by atoms with Gasteiger partial charge in [-0.25, -0.2) is 0 Å². The highest BCUT2D eigenvalue weighted by Gasteiger charge is 2.75. The average Bonchev–Trinajstić information content (AvgIpc) is 3.45. The maximum atomic E-state index is 13.2. The van der Waals surface area contributed by atoms with E-state index >= 15 is 0 Å². The van der Waals surface area contributed by atoms with Crippen molar-refractivity contribution in [3.8, 4) is 5.75 Å². The van der Waals surface area contributed by atoms with E-state index in [-0.39, 0.29) is 40.5 Å². The lowest BCUT2D eigenvalue weighted by Crippen LogP contribution is -2.63. The Labute approximate surface area is 254 Å². The number of hydrogen-bond acceptors (Lipinski definition) is 9. The molecular weight excluding hydrogens is 550 g/mol. The molecule has 6 rings (SSSR count). The Kier molecular flexibility index (Phi) is 9.07. The van der Waals surface area contributed by atoms with Gasteiger partial charge in [-0.15, -0.1) is 0 Å². The van der Waals surface area contributed by atoms with E-state index in [9.17, 15) is 24.9 Å². The Morgan fingerprint density at radius 2 is 2.02 bits per heavy atom. The molecule has 1 saturated heterocycles. The summed E-state index contributed by atoms with van der Waals surface area (Å²) in [6.45, 7) is 6.16. The molecule has 1 heterocycles. The Morgan fingerprint density at radius 1 is 1.26 bits per heavy atom. The fourth-order valence-corrected chi connectivity index (χ4v) is 9.17. The number of benzene rings is 1. The summed E-state index contributed by atoms with van der Waals surface area (Å²) in [5.74, 6) is 0.210. The highest BCUT2D eigenvalue weighted by atomic mass is 16.7. The second kappa shape index (κ2) is 12.2. The van der Waals surface area contributed by atoms with Crippen molar-refractivity contribution < 1.29 is 39.5 Å². The fraction of sp³-hybridized carbons (Fsp3) is 0.647. The van der Waals surface area contributed by atoms with Crippen molar-refractivity contribution in [3.63, 3.8) is 0 Å². The predicted octanol–water partition coefficient (Wildman–Crippen LogP) is 3.36. The van der Waals surface area contributed by atoms with Crippen LogP contribution in [0.25, 0.3) is 0 Å². The number of phenolic OH excluding ortho intramolecular Hbond substituents is 1. The molecule has 1 aliphatic heterocycles. The van der Waals surface area contributed by atoms with E-state index in [1.165, 1.54) is 0 Å². The third kappa shape index (κ3) is 5.22. The Hall–Kier alpha value is -2.40. The van der Waals surface area contributed by atoms with Crippen LogP contribution in [0, 0.1) is 28.6 Å². The van der Waals surface area contributed by atoms with E-state index < -0.39 is 42.2 Å². The molecule has 0 aromatic heterocycles. The molecule has 43 heavy (non-hydrogen) atoms. The molecule has 3 saturated carbocycles. The minimum Gasteiger partial charge on any atom is -0.508 e. The number of aliphatic hydroxyl groups is 3. The van der Waals surface area contributed by atoms with Gasteiger partial charge < -0.3 is 35.2 Å². The first kappa shape index (κ1) is 32.0. The van der Waals surface area contributed by atoms with Crippen molar-refractivity contribution in [2.24, 2.45) is 28.6 Å². The number of ketones is 2. The van der Waals surface area contributed by atoms with Crippen molar-refractivity contribution in [1.29, 1.82) is 0 Å². The Bertz CT molecular complexity index is 1280. The lowest BCUT2D eigenvalue weighted by Gasteiger charge is -2.59. The van der Waals surface area contributed by atoms with Crippen LogP contribution in [0.1, 0.15) is 71.0 Å². The summed E-state index contributed by atoms with van der Waals surface area (Å²) in [5.41, 5.74) is -0.321. The van der Waals surface area contributed by atoms with Gasteiger partial charge in [0.25, 0.3) is 0 Å². The number of likely N-dealkylation sites (N-methyl/N-ethyl adjacent to an activating group) is 1. The summed E-state index contributed by atoms with van der Waals surface area (Å²) in [6.07, 6.45) is 7.76. The molecule has 9 heteroatoms. The number of carbonyl (C=O) groups is 2. The monoisotopic (exact) mass is 597 g/mol. The van der Waals surface area contributed by atoms with Crippen molar-refractivity contribution >= 4 is 11.6 Å². The first-order chi connectivity index (χ1) is 20.4. The van der Waals surface area contributed by atoms with Crippen molar-refractivity contribution in [3.05, 3.63) is 53.6 Å². The number of ether oxygens (including phenoxy) is 2. The van der Waals surface area contributed by atoms with Crippen molar-refractivity contribution in [2.75, 3.05) is 20.2 Å². The number of fused-ring (bicyclic) bond motifs is 7. The van der Waals surface area contributed by atoms with Crippen molar-refractivity contribution in [1.82, 2.24) is 5.32 Å². The third-order valence-corrected chi connectivity index (χ3v) is 11.0. The van der Waals surface area contributed by atoms with Crippen LogP contribution in [0.3, 0.4) is 0 Å². The van der Waals surface area contributed by atoms with Gasteiger partial charge in [0.05, 0.1) is 18.3 Å². The SMILES string of the molecule is CCCC1O[C@@H]2C[C@H]3[C@@H]4CCC5=CC(=O)C=C[C@]5(C)[C@H]4[C@@H](O)C[C@]3(C)[C@]2(C(=O)CO)O1.CNC[C@H](O)c1cccc(O)c1. The number of hydrogen-bond donors (Lipinski definition) is 5. The number of nitrogens with one attached hydrogen (secondary N) is 1. The van der Waals surface area contributed by atoms with Gasteiger partial charge in [0, 0.05) is 23.3 Å². The topological polar surface area (TPSA) is 146 Å². The molecule has 0 radical (unpaired) electrons. The first-order valence-electron chi connectivity index (χ1n) is 15.7. The van der Waals surface area contributed by atoms with Gasteiger partial charge >= 0.3 is 0 Å². The Balaban J connectivity index is 0.000000259. The zero-order chi connectivity index (χ0) is 31.2. The van der Waals surface area contributed by atoms with Crippen LogP contribution in [-0.4, -0.2) is 76.3 Å². The van der Waals surface area contributed by atoms with E-state index in [1.54, 1.807) is 43.5 Å². The second-order valence-corrected chi connectivity index (χ2v) is 13.4. The first-order valence-corrected chi connectivity index (χ1v) is 15.7. The summed E-state index contributed by atoms with van der Waals surface area (Å²) in [4.78, 5) is 25.2. The van der Waals surface area contributed by atoms with Gasteiger partial charge in [-0.2, -0.15) is 0 Å². The minimum atomic E-state index is -1.20. The third-order valence-electron chi connectivity index (χ3n) is 11.0. The smallest absolute Gasteiger partial charge is 0.193 e. The normalized spacial score (nSPS) is 39.9. The molecule has 5 N–H and O–H groups in total. The quantitative estimate of drug-likeness (QED) is 0.319. The highest BCUT2D eigenvalue weighted by Crippen LogP contribution is 2.69. The van der Waals surface area contributed by atoms with Crippen LogP contribution in [0.15, 0.2) is 48.1 Å². The molecule has 9 nitrogen and oxygen atoms in total. The maximum Gasteiger partial charge on any atom is 0.193 e. The zero-order valence-electron chi connectivity index (χ0n) is 25.7. The molecule has 1 aromatic rings. The molecule has 1 aromatic carbocycles. The molecule has 1 unspecified atom stereocenters. The van der Waals surface area contributed by atoms with Crippen LogP contribution in [0.5, 0.6) is 5.75 Å². The van der Waals surface area contributed by atoms with E-state index in [4.69, 9.17) is 14.6 Å². The molecule has 0 amide bonds. The zero-order valence-corrected chi connectivity index (χ0v) is 25.7. The number of rotatable bonds is 7. The number of aromatic hydroxyl groups is 1. The minimum absolute atomic E-state index is 0.0125. The van der Waals surface area contributed by atoms with Gasteiger partial charge in [-0.05, 0) is 80.8 Å². The molecule has 236 valence electrons. The van der Waals surface area contributed by atoms with E-state index in [0.29, 0.717) is 25.8 Å². The summed E-state index contributed by atoms with van der Waals surface area (Å²) < 4.78 is 12.7. The summed E-state index contributed by atoms with van der Waals surface area (Å²) >= 11 is 0. The van der Waals surface area contributed by atoms with Crippen LogP contribution in [0.2, 0.25) is 0 Å². The predicted molar refractivity (Wildman–Crippen MR) is 160 cm³/mol. The Morgan fingerprint density at radius 3 is 2.70 bits per heavy atom. The molecule has 0 spiro atoms. The molecular formula is C34H47NO8. The molecule has 4 aliphatic carbocycles. The van der Waals surface area contributed by atoms with Crippen molar-refractivity contribution in [2.45, 2.75) is 89.5 Å². The van der Waals surface area contributed by atoms with E-state index in [2.05, 4.69) is 26.1 Å². The van der Waals surface area contributed by atoms with Gasteiger partial charge in [0.2, 0.25) is 0 Å². The van der Waals surface area contributed by atoms with Gasteiger partial charge in [-0.1, -0.05) is 51.0 Å². The highest BCUT2D eigenvalue weighted by molar-refractivity contribution is 6.01. The number of aliphatic hydroxyl groups excluding tert-OH is 3. The largest absolute Gasteiger partial charge is 0.508 e. The summed E-state index contributed by atoms with van der Waals surface area (Å²) in [7, 11) is 1.77. The standard InChI is InChI=1S/C25H34O6.C9H13NO2/c1-4-5-21-30-20-11-17-16-7-6-14-10-15(27)8-9-23(14,2)22(16)18(28)12-24(17,3)25(20,31-21)19(29)13-26;1-10-6-9(12)7-3-2-4-8(11)5-7/h8-10,16-18,20-22,26,28H,4-7,11-13H2,1-3H3;2-5,9-12H,6H2,1H3/t16-,17-,18-,20+,21?,22+,23-,24-,25+;9-/m00/s1. The van der Waals surface area contributed by atoms with Crippen LogP contribution < -0.4 is 5.32 Å². The van der Waals surface area contributed by atoms with E-state index in [1.807, 2.05) is 6.08 Å². The maximum absolute atomic E-state index is 13.2. The fourth-order valence-electron chi connectivity index (χ4n) is 9.17. The molecule has 10 atom stereocenters. The van der Waals surface area contributed by atoms with Crippen LogP contribution in [0.4, 0.5) is 0 Å². The second-order valence-electron chi connectivity index (χ2n) is 13.4. The van der Waals surface area contributed by atoms with Gasteiger partial charge in [0.15, 0.2) is 23.5 Å². The number of Topliss-reactive ketones (excluding diaryl/α,β-unsaturated/α-hetero) is 1. The summed E-state index contributed by atoms with van der Waals surface area (Å²) in [5, 5.41) is 42.8. The lowest BCUT2D eigenvalue weighted by atomic mass is 9.46. The van der Waals surface area contributed by atoms with Gasteiger partial charge in [0.1, 0.15) is 12.4 Å². The number of carbonyl (C=O) groups excluding carboxylic acids is 2. The molecule has 5 aliphatic rings. The number of allylic oxidation sites excluding steroid dienone is 4.